The van der Waals surface area contributed by atoms with Crippen LogP contribution in [0.25, 0.3) is 0 Å². The standard InChI is InChI=1S/C14H20F8/c1-9(7-15)5-11(3,17)14(21,22)12(4,18)6-10(2,8-16)13(9,19)20/h5-8H2,1-4H3. The average molecular weight is 340 g/mol. The molecule has 4 atom stereocenters. The van der Waals surface area contributed by atoms with Gasteiger partial charge < -0.3 is 0 Å². The van der Waals surface area contributed by atoms with Crippen LogP contribution in [0.5, 0.6) is 0 Å². The molecule has 0 aliphatic heterocycles. The molecule has 132 valence electrons. The van der Waals surface area contributed by atoms with Crippen LogP contribution in [0.3, 0.4) is 0 Å². The van der Waals surface area contributed by atoms with Crippen LogP contribution in [0.2, 0.25) is 0 Å². The first kappa shape index (κ1) is 19.5. The van der Waals surface area contributed by atoms with Gasteiger partial charge in [0, 0.05) is 12.8 Å². The van der Waals surface area contributed by atoms with E-state index in [0.717, 1.165) is 0 Å². The Morgan fingerprint density at radius 1 is 0.591 bits per heavy atom. The topological polar surface area (TPSA) is 0 Å². The average Bonchev–Trinajstić information content (AvgIpc) is 2.35. The second-order valence-corrected chi connectivity index (χ2v) is 7.29. The molecule has 0 aromatic heterocycles. The largest absolute Gasteiger partial charge is 0.314 e. The summed E-state index contributed by atoms with van der Waals surface area (Å²) < 4.78 is 113. The van der Waals surface area contributed by atoms with Gasteiger partial charge in [-0.05, 0) is 13.8 Å². The fourth-order valence-corrected chi connectivity index (χ4v) is 3.44. The molecule has 1 rings (SSSR count). The van der Waals surface area contributed by atoms with Crippen LogP contribution in [0.15, 0.2) is 0 Å². The van der Waals surface area contributed by atoms with Gasteiger partial charge in [0.05, 0.1) is 10.8 Å². The van der Waals surface area contributed by atoms with Crippen molar-refractivity contribution in [2.24, 2.45) is 10.8 Å². The molecular formula is C14H20F8. The predicted molar refractivity (Wildman–Crippen MR) is 66.3 cm³/mol. The van der Waals surface area contributed by atoms with Crippen molar-refractivity contribution in [2.45, 2.75) is 63.7 Å². The zero-order chi connectivity index (χ0) is 17.8. The minimum atomic E-state index is -4.68. The highest BCUT2D eigenvalue weighted by Gasteiger charge is 2.75. The van der Waals surface area contributed by atoms with Crippen LogP contribution in [0.4, 0.5) is 35.1 Å². The van der Waals surface area contributed by atoms with Crippen LogP contribution in [-0.4, -0.2) is 36.5 Å². The van der Waals surface area contributed by atoms with E-state index < -0.39 is 60.2 Å². The minimum Gasteiger partial charge on any atom is -0.250 e. The molecule has 1 aliphatic rings. The van der Waals surface area contributed by atoms with E-state index in [4.69, 9.17) is 0 Å². The molecule has 0 saturated heterocycles. The second-order valence-electron chi connectivity index (χ2n) is 7.29. The van der Waals surface area contributed by atoms with Gasteiger partial charge in [0.2, 0.25) is 0 Å². The zero-order valence-corrected chi connectivity index (χ0v) is 12.9. The lowest BCUT2D eigenvalue weighted by Crippen LogP contribution is -2.67. The molecule has 0 spiro atoms. The summed E-state index contributed by atoms with van der Waals surface area (Å²) in [5, 5.41) is 0. The van der Waals surface area contributed by atoms with E-state index in [1.54, 1.807) is 0 Å². The minimum absolute atomic E-state index is 0.271. The quantitative estimate of drug-likeness (QED) is 0.586. The molecule has 4 unspecified atom stereocenters. The van der Waals surface area contributed by atoms with E-state index in [1.165, 1.54) is 0 Å². The molecule has 1 fully saturated rings. The summed E-state index contributed by atoms with van der Waals surface area (Å²) in [5.41, 5.74) is -13.2. The maximum absolute atomic E-state index is 14.6. The summed E-state index contributed by atoms with van der Waals surface area (Å²) in [5.74, 6) is -8.90. The Hall–Kier alpha value is -0.560. The fraction of sp³-hybridized carbons (Fsp3) is 1.00. The molecule has 0 bridgehead atoms. The Morgan fingerprint density at radius 3 is 1.09 bits per heavy atom. The highest BCUT2D eigenvalue weighted by Crippen LogP contribution is 2.63. The first-order valence-corrected chi connectivity index (χ1v) is 6.79. The highest BCUT2D eigenvalue weighted by molar-refractivity contribution is 5.15. The lowest BCUT2D eigenvalue weighted by atomic mass is 9.58. The third-order valence-corrected chi connectivity index (χ3v) is 4.86. The van der Waals surface area contributed by atoms with Crippen molar-refractivity contribution in [2.75, 3.05) is 13.3 Å². The molecule has 1 saturated carbocycles. The summed E-state index contributed by atoms with van der Waals surface area (Å²) >= 11 is 0. The molecular weight excluding hydrogens is 320 g/mol. The van der Waals surface area contributed by atoms with Crippen molar-refractivity contribution in [3.8, 4) is 0 Å². The van der Waals surface area contributed by atoms with Crippen molar-refractivity contribution in [1.29, 1.82) is 0 Å². The Labute approximate surface area is 124 Å². The SMILES string of the molecule is CC1(F)CC(C)(CF)C(F)(F)C(C)(CF)CC(C)(F)C1(F)F. The number of halogens is 8. The lowest BCUT2D eigenvalue weighted by Gasteiger charge is -2.54. The number of alkyl halides is 8. The Bertz CT molecular complexity index is 395. The molecule has 22 heavy (non-hydrogen) atoms. The third-order valence-electron chi connectivity index (χ3n) is 4.86. The smallest absolute Gasteiger partial charge is 0.250 e. The summed E-state index contributed by atoms with van der Waals surface area (Å²) in [6.45, 7) is -1.98. The molecule has 0 N–H and O–H groups in total. The van der Waals surface area contributed by atoms with Crippen LogP contribution in [0.1, 0.15) is 40.5 Å². The van der Waals surface area contributed by atoms with Crippen LogP contribution < -0.4 is 0 Å². The van der Waals surface area contributed by atoms with Crippen LogP contribution in [-0.2, 0) is 0 Å². The number of rotatable bonds is 2. The van der Waals surface area contributed by atoms with E-state index in [2.05, 4.69) is 0 Å². The molecule has 8 heteroatoms. The molecule has 0 heterocycles. The normalized spacial score (nSPS) is 48.5. The Balaban J connectivity index is 3.64. The van der Waals surface area contributed by atoms with Gasteiger partial charge >= 0.3 is 5.92 Å². The maximum atomic E-state index is 14.6. The third kappa shape index (κ3) is 2.31. The van der Waals surface area contributed by atoms with Crippen molar-refractivity contribution in [3.63, 3.8) is 0 Å². The van der Waals surface area contributed by atoms with Gasteiger partial charge in [-0.1, -0.05) is 13.8 Å². The molecule has 0 radical (unpaired) electrons. The monoisotopic (exact) mass is 340 g/mol. The van der Waals surface area contributed by atoms with Crippen molar-refractivity contribution in [3.05, 3.63) is 0 Å². The van der Waals surface area contributed by atoms with Crippen LogP contribution >= 0.6 is 0 Å². The van der Waals surface area contributed by atoms with Gasteiger partial charge in [-0.3, -0.25) is 8.78 Å². The highest BCUT2D eigenvalue weighted by atomic mass is 19.3. The first-order chi connectivity index (χ1) is 9.54. The van der Waals surface area contributed by atoms with E-state index in [0.29, 0.717) is 13.8 Å². The first-order valence-electron chi connectivity index (χ1n) is 6.79. The van der Waals surface area contributed by atoms with Crippen molar-refractivity contribution in [1.82, 2.24) is 0 Å². The Kier molecular flexibility index (Phi) is 4.40. The molecule has 0 nitrogen and oxygen atoms in total. The van der Waals surface area contributed by atoms with Gasteiger partial charge in [0.25, 0.3) is 5.92 Å². The van der Waals surface area contributed by atoms with Gasteiger partial charge in [-0.2, -0.15) is 8.78 Å². The Morgan fingerprint density at radius 2 is 0.864 bits per heavy atom. The number of hydrogen-bond acceptors (Lipinski definition) is 0. The second kappa shape index (κ2) is 4.97. The van der Waals surface area contributed by atoms with Gasteiger partial charge in [0.15, 0.2) is 11.3 Å². The van der Waals surface area contributed by atoms with Gasteiger partial charge in [-0.25, -0.2) is 17.6 Å². The summed E-state index contributed by atoms with van der Waals surface area (Å²) in [7, 11) is 0. The van der Waals surface area contributed by atoms with Gasteiger partial charge in [0.1, 0.15) is 13.3 Å². The van der Waals surface area contributed by atoms with Gasteiger partial charge in [-0.15, -0.1) is 0 Å². The molecule has 0 amide bonds. The molecule has 1 aliphatic carbocycles. The summed E-state index contributed by atoms with van der Waals surface area (Å²) in [6, 6.07) is 0. The lowest BCUT2D eigenvalue weighted by molar-refractivity contribution is -0.298. The summed E-state index contributed by atoms with van der Waals surface area (Å²) in [6.07, 6.45) is -3.27. The maximum Gasteiger partial charge on any atom is 0.314 e. The van der Waals surface area contributed by atoms with E-state index >= 15 is 0 Å². The number of hydrogen-bond donors (Lipinski definition) is 0. The zero-order valence-electron chi connectivity index (χ0n) is 12.9. The molecule has 0 aromatic carbocycles. The van der Waals surface area contributed by atoms with Crippen molar-refractivity contribution < 1.29 is 35.1 Å². The van der Waals surface area contributed by atoms with Crippen LogP contribution in [0, 0.1) is 10.8 Å². The fourth-order valence-electron chi connectivity index (χ4n) is 3.44. The summed E-state index contributed by atoms with van der Waals surface area (Å²) in [4.78, 5) is 0. The predicted octanol–water partition coefficient (Wildman–Crippen LogP) is 5.46. The van der Waals surface area contributed by atoms with E-state index in [1.807, 2.05) is 0 Å². The van der Waals surface area contributed by atoms with E-state index in [-0.39, 0.29) is 13.8 Å². The van der Waals surface area contributed by atoms with E-state index in [9.17, 15) is 35.1 Å². The molecule has 0 aromatic rings. The van der Waals surface area contributed by atoms with Crippen molar-refractivity contribution >= 4 is 0 Å².